The molecule has 10 heteroatoms. The topological polar surface area (TPSA) is 107 Å². The van der Waals surface area contributed by atoms with Crippen molar-refractivity contribution in [3.05, 3.63) is 63.9 Å². The summed E-state index contributed by atoms with van der Waals surface area (Å²) in [6.07, 6.45) is 0.408. The van der Waals surface area contributed by atoms with Gasteiger partial charge < -0.3 is 19.5 Å². The number of aliphatic carboxylic acids is 1. The molecule has 9 nitrogen and oxygen atoms in total. The van der Waals surface area contributed by atoms with Gasteiger partial charge in [-0.3, -0.25) is 9.48 Å². The van der Waals surface area contributed by atoms with Crippen LogP contribution in [-0.2, 0) is 20.5 Å². The lowest BCUT2D eigenvalue weighted by molar-refractivity contribution is -0.156. The number of hydrogen-bond donors (Lipinski definition) is 1. The second-order valence-corrected chi connectivity index (χ2v) is 12.7. The van der Waals surface area contributed by atoms with Crippen molar-refractivity contribution in [2.24, 2.45) is 11.8 Å². The molecular weight excluding hydrogens is 564 g/mol. The van der Waals surface area contributed by atoms with Gasteiger partial charge in [0.05, 0.1) is 34.5 Å². The molecule has 234 valence electrons. The average molecular weight is 616 g/mol. The van der Waals surface area contributed by atoms with Gasteiger partial charge in [0, 0.05) is 44.7 Å². The fraction of sp³-hybridized carbons (Fsp3) is 0.576. The van der Waals surface area contributed by atoms with Crippen LogP contribution in [0.4, 0.5) is 0 Å². The number of methoxy groups -OCH3 is 1. The van der Waals surface area contributed by atoms with Crippen LogP contribution < -0.4 is 4.74 Å². The number of carboxylic acid groups (broad SMARTS) is 1. The number of amides is 1. The lowest BCUT2D eigenvalue weighted by Crippen LogP contribution is -2.66. The number of hydrogen-bond acceptors (Lipinski definition) is 7. The summed E-state index contributed by atoms with van der Waals surface area (Å²) in [7, 11) is 1.01. The Labute approximate surface area is 266 Å². The molecule has 1 fully saturated rings. The maximum Gasteiger partial charge on any atom is 0.332 e. The number of carbonyl (C=O) groups excluding carboxylic acids is 1. The van der Waals surface area contributed by atoms with Crippen LogP contribution in [0.1, 0.15) is 101 Å². The number of aryl methyl sites for hydroxylation is 1. The first-order valence-corrected chi connectivity index (χ1v) is 15.4. The Hall–Kier alpha value is -3.24. The van der Waals surface area contributed by atoms with Crippen LogP contribution in [0.2, 0.25) is 0 Å². The van der Waals surface area contributed by atoms with Gasteiger partial charge in [0.1, 0.15) is 10.8 Å². The van der Waals surface area contributed by atoms with E-state index >= 15 is 4.79 Å². The number of ether oxygens (including phenoxy) is 2. The molecule has 1 amide bonds. The van der Waals surface area contributed by atoms with Crippen LogP contribution in [-0.4, -0.2) is 62.5 Å². The first-order valence-electron chi connectivity index (χ1n) is 17.0. The molecule has 0 saturated carbocycles. The first kappa shape index (κ1) is 26.2. The summed E-state index contributed by atoms with van der Waals surface area (Å²) in [4.78, 5) is 34.2. The lowest BCUT2D eigenvalue weighted by atomic mass is 9.71. The smallest absolute Gasteiger partial charge is 0.332 e. The third-order valence-electron chi connectivity index (χ3n) is 8.94. The van der Waals surface area contributed by atoms with Crippen LogP contribution in [0.25, 0.3) is 0 Å². The largest absolute Gasteiger partial charge is 0.494 e. The van der Waals surface area contributed by atoms with Crippen molar-refractivity contribution in [2.45, 2.75) is 90.7 Å². The molecule has 3 heterocycles. The fourth-order valence-corrected chi connectivity index (χ4v) is 6.59. The second kappa shape index (κ2) is 12.4. The summed E-state index contributed by atoms with van der Waals surface area (Å²) in [6, 6.07) is 3.68. The highest BCUT2D eigenvalue weighted by molar-refractivity contribution is 7.09. The highest BCUT2D eigenvalue weighted by atomic mass is 32.1. The van der Waals surface area contributed by atoms with E-state index in [-0.39, 0.29) is 28.5 Å². The summed E-state index contributed by atoms with van der Waals surface area (Å²) in [5, 5.41) is 17.1. The first-order chi connectivity index (χ1) is 22.2. The van der Waals surface area contributed by atoms with Crippen molar-refractivity contribution in [1.29, 1.82) is 0 Å². The monoisotopic (exact) mass is 615 g/mol. The van der Waals surface area contributed by atoms with E-state index < -0.39 is 47.8 Å². The predicted molar refractivity (Wildman–Crippen MR) is 168 cm³/mol. The van der Waals surface area contributed by atoms with Crippen LogP contribution in [0, 0.1) is 18.8 Å². The van der Waals surface area contributed by atoms with Gasteiger partial charge in [0.15, 0.2) is 5.54 Å². The maximum atomic E-state index is 15.2. The molecule has 0 spiro atoms. The quantitative estimate of drug-likeness (QED) is 0.249. The van der Waals surface area contributed by atoms with Crippen molar-refractivity contribution < 1.29 is 31.0 Å². The number of rotatable bonds is 12. The molecule has 1 aliphatic rings. The van der Waals surface area contributed by atoms with Gasteiger partial charge in [-0.25, -0.2) is 9.78 Å². The molecule has 1 saturated heterocycles. The molecular formula is C33H46N4O5S. The molecule has 43 heavy (non-hydrogen) atoms. The van der Waals surface area contributed by atoms with Crippen molar-refractivity contribution >= 4 is 23.2 Å². The van der Waals surface area contributed by atoms with E-state index in [1.807, 2.05) is 6.92 Å². The number of thiazole rings is 1. The van der Waals surface area contributed by atoms with E-state index in [1.165, 1.54) is 48.4 Å². The molecule has 3 aromatic rings. The number of carboxylic acids is 1. The van der Waals surface area contributed by atoms with Crippen molar-refractivity contribution in [3.8, 4) is 5.75 Å². The van der Waals surface area contributed by atoms with Gasteiger partial charge in [0.2, 0.25) is 0 Å². The molecule has 1 aliphatic heterocycles. The average Bonchev–Trinajstić information content (AvgIpc) is 3.74. The van der Waals surface area contributed by atoms with E-state index in [9.17, 15) is 14.0 Å². The second-order valence-electron chi connectivity index (χ2n) is 11.8. The van der Waals surface area contributed by atoms with E-state index in [0.29, 0.717) is 16.3 Å². The molecule has 1 aromatic carbocycles. The third-order valence-corrected chi connectivity index (χ3v) is 9.73. The Balaban J connectivity index is 2.18. The molecule has 0 radical (unpaired) electrons. The summed E-state index contributed by atoms with van der Waals surface area (Å²) in [5.74, 6) is -4.43. The van der Waals surface area contributed by atoms with Crippen molar-refractivity contribution in [2.75, 3.05) is 20.3 Å². The van der Waals surface area contributed by atoms with Crippen LogP contribution in [0.5, 0.6) is 5.75 Å². The molecule has 0 aliphatic carbocycles. The van der Waals surface area contributed by atoms with E-state index in [1.54, 1.807) is 19.1 Å². The molecule has 4 atom stereocenters. The van der Waals surface area contributed by atoms with Crippen molar-refractivity contribution in [3.63, 3.8) is 0 Å². The SMILES string of the molecule is [2H]C([2H])(OC)[C@H]1C([2H])([2H])[C@](C(=O)O)(C(C)(C)n2ccc(C)n2)N(C(=O)c2ccc(C(C)(CC)C(C)C)c(OCC)c2)[C@@]1([2H])c1nccs1. The number of benzene rings is 1. The Kier molecular flexibility index (Phi) is 7.55. The fourth-order valence-electron chi connectivity index (χ4n) is 5.89. The summed E-state index contributed by atoms with van der Waals surface area (Å²) in [6.45, 7) is 12.0. The van der Waals surface area contributed by atoms with Gasteiger partial charge >= 0.3 is 5.97 Å². The van der Waals surface area contributed by atoms with Crippen molar-refractivity contribution in [1.82, 2.24) is 19.7 Å². The molecule has 2 aromatic heterocycles. The van der Waals surface area contributed by atoms with Gasteiger partial charge in [0.25, 0.3) is 5.91 Å². The summed E-state index contributed by atoms with van der Waals surface area (Å²) >= 11 is 0.891. The zero-order valence-corrected chi connectivity index (χ0v) is 27.2. The van der Waals surface area contributed by atoms with Crippen LogP contribution in [0.15, 0.2) is 42.0 Å². The predicted octanol–water partition coefficient (Wildman–Crippen LogP) is 6.48. The van der Waals surface area contributed by atoms with Crippen LogP contribution in [0.3, 0.4) is 0 Å². The summed E-state index contributed by atoms with van der Waals surface area (Å²) in [5.41, 5.74) is -3.94. The Morgan fingerprint density at radius 1 is 1.30 bits per heavy atom. The van der Waals surface area contributed by atoms with Crippen LogP contribution >= 0.6 is 11.3 Å². The molecule has 1 N–H and O–H groups in total. The van der Waals surface area contributed by atoms with Gasteiger partial charge in [-0.05, 0) is 70.0 Å². The van der Waals surface area contributed by atoms with Gasteiger partial charge in [-0.2, -0.15) is 5.10 Å². The minimum atomic E-state index is -3.17. The Morgan fingerprint density at radius 2 is 2.02 bits per heavy atom. The number of aromatic nitrogens is 3. The van der Waals surface area contributed by atoms with E-state index in [0.717, 1.165) is 30.4 Å². The molecule has 1 unspecified atom stereocenters. The number of nitrogens with zero attached hydrogens (tertiary/aromatic N) is 4. The lowest BCUT2D eigenvalue weighted by Gasteiger charge is -2.47. The van der Waals surface area contributed by atoms with E-state index in [4.69, 9.17) is 12.2 Å². The number of likely N-dealkylation sites (tertiary alicyclic amines) is 1. The summed E-state index contributed by atoms with van der Waals surface area (Å²) < 4.78 is 59.7. The molecule has 4 rings (SSSR count). The zero-order valence-electron chi connectivity index (χ0n) is 31.4. The minimum absolute atomic E-state index is 0.0647. The highest BCUT2D eigenvalue weighted by Crippen LogP contribution is 2.55. The number of carbonyl (C=O) groups is 2. The zero-order chi connectivity index (χ0) is 36.3. The standard InChI is InChI=1S/C33H46N4O5S/c1-10-32(8,21(3)4)25-13-12-23(18-26(25)42-11-2)29(38)37-27(28-34-15-17-43-28)24(20-41-9)19-33(37,30(39)40)31(6,7)36-16-14-22(5)35-36/h12-18,21,24,27H,10-11,19-20H2,1-9H3,(H,39,40)/t24-,27-,32?,33+/m1/s1/i19D2,20D2,27D. The maximum absolute atomic E-state index is 15.2. The Bertz CT molecular complexity index is 1670. The minimum Gasteiger partial charge on any atom is -0.494 e. The normalized spacial score (nSPS) is 27.1. The molecule has 0 bridgehead atoms. The third kappa shape index (κ3) is 5.37. The van der Waals surface area contributed by atoms with Gasteiger partial charge in [-0.1, -0.05) is 33.8 Å². The highest BCUT2D eigenvalue weighted by Gasteiger charge is 2.67. The van der Waals surface area contributed by atoms with Gasteiger partial charge in [-0.15, -0.1) is 11.3 Å². The van der Waals surface area contributed by atoms with E-state index in [2.05, 4.69) is 37.8 Å². The Morgan fingerprint density at radius 3 is 2.53 bits per heavy atom.